The van der Waals surface area contributed by atoms with Gasteiger partial charge in [0, 0.05) is 7.11 Å². The van der Waals surface area contributed by atoms with Gasteiger partial charge in [-0.2, -0.15) is 0 Å². The maximum absolute atomic E-state index is 9.28. The van der Waals surface area contributed by atoms with Crippen molar-refractivity contribution in [2.24, 2.45) is 0 Å². The highest BCUT2D eigenvalue weighted by atomic mass is 16.7. The fourth-order valence-corrected chi connectivity index (χ4v) is 1.26. The molecular weight excluding hydrogens is 180 g/mol. The minimum atomic E-state index is -1.36. The summed E-state index contributed by atoms with van der Waals surface area (Å²) in [5, 5.41) is 36.6. The first-order valence-corrected chi connectivity index (χ1v) is 3.95. The van der Waals surface area contributed by atoms with Crippen LogP contribution in [0.4, 0.5) is 0 Å². The van der Waals surface area contributed by atoms with Gasteiger partial charge in [-0.1, -0.05) is 0 Å². The zero-order valence-corrected chi connectivity index (χ0v) is 7.20. The first-order chi connectivity index (χ1) is 6.11. The first kappa shape index (κ1) is 10.8. The molecule has 6 heteroatoms. The third kappa shape index (κ3) is 1.98. The van der Waals surface area contributed by atoms with Gasteiger partial charge < -0.3 is 29.9 Å². The van der Waals surface area contributed by atoms with E-state index in [1.54, 1.807) is 0 Å². The topological polar surface area (TPSA) is 99.4 Å². The monoisotopic (exact) mass is 194 g/mol. The van der Waals surface area contributed by atoms with Crippen LogP contribution in [0, 0.1) is 0 Å². The minimum Gasteiger partial charge on any atom is -0.394 e. The number of rotatable bonds is 2. The Bertz CT molecular complexity index is 143. The van der Waals surface area contributed by atoms with Gasteiger partial charge in [-0.15, -0.1) is 0 Å². The highest BCUT2D eigenvalue weighted by molar-refractivity contribution is 4.88. The van der Waals surface area contributed by atoms with Crippen LogP contribution < -0.4 is 0 Å². The van der Waals surface area contributed by atoms with Gasteiger partial charge in [0.15, 0.2) is 6.29 Å². The smallest absolute Gasteiger partial charge is 0.186 e. The second-order valence-electron chi connectivity index (χ2n) is 2.93. The molecule has 1 heterocycles. The summed E-state index contributed by atoms with van der Waals surface area (Å²) in [6.07, 6.45) is -5.91. The van der Waals surface area contributed by atoms with Crippen molar-refractivity contribution in [3.8, 4) is 0 Å². The first-order valence-electron chi connectivity index (χ1n) is 3.95. The molecule has 13 heavy (non-hydrogen) atoms. The van der Waals surface area contributed by atoms with Crippen molar-refractivity contribution in [3.05, 3.63) is 0 Å². The maximum atomic E-state index is 9.28. The molecule has 0 amide bonds. The zero-order valence-electron chi connectivity index (χ0n) is 7.20. The van der Waals surface area contributed by atoms with Gasteiger partial charge in [-0.25, -0.2) is 0 Å². The lowest BCUT2D eigenvalue weighted by Crippen LogP contribution is -2.58. The van der Waals surface area contributed by atoms with E-state index >= 15 is 0 Å². The van der Waals surface area contributed by atoms with Crippen molar-refractivity contribution < 1.29 is 29.9 Å². The molecule has 0 aliphatic carbocycles. The average Bonchev–Trinajstić information content (AvgIpc) is 2.15. The normalized spacial score (nSPS) is 46.4. The minimum absolute atomic E-state index is 0.440. The zero-order chi connectivity index (χ0) is 10.0. The summed E-state index contributed by atoms with van der Waals surface area (Å²) < 4.78 is 9.65. The highest BCUT2D eigenvalue weighted by Gasteiger charge is 2.43. The molecule has 0 bridgehead atoms. The van der Waals surface area contributed by atoms with Crippen molar-refractivity contribution in [1.29, 1.82) is 0 Å². The molecular formula is C7H14O6. The van der Waals surface area contributed by atoms with Crippen LogP contribution in [0.25, 0.3) is 0 Å². The van der Waals surface area contributed by atoms with E-state index in [0.717, 1.165) is 0 Å². The molecule has 1 saturated heterocycles. The Morgan fingerprint density at radius 2 is 1.77 bits per heavy atom. The standard InChI is InChI=1S/C7H14O6/c1-12-7-6(11)5(10)4(9)3(2-8)13-7/h3-11H,2H2,1H3/t3?,4?,5-,6-,7+/m0/s1. The van der Waals surface area contributed by atoms with Crippen LogP contribution in [-0.4, -0.2) is 64.8 Å². The van der Waals surface area contributed by atoms with Crippen molar-refractivity contribution in [1.82, 2.24) is 0 Å². The molecule has 6 nitrogen and oxygen atoms in total. The Balaban J connectivity index is 2.66. The molecule has 0 aromatic rings. The Kier molecular flexibility index (Phi) is 3.60. The SMILES string of the molecule is CO[C@@H]1OC(CO)C(O)[C@H](O)[C@@H]1O. The van der Waals surface area contributed by atoms with E-state index in [0.29, 0.717) is 0 Å². The van der Waals surface area contributed by atoms with E-state index in [4.69, 9.17) is 14.6 Å². The predicted octanol–water partition coefficient (Wildman–Crippen LogP) is -2.57. The summed E-state index contributed by atoms with van der Waals surface area (Å²) in [4.78, 5) is 0. The summed E-state index contributed by atoms with van der Waals surface area (Å²) in [7, 11) is 1.30. The summed E-state index contributed by atoms with van der Waals surface area (Å²) in [5.74, 6) is 0. The van der Waals surface area contributed by atoms with Gasteiger partial charge in [0.05, 0.1) is 6.61 Å². The van der Waals surface area contributed by atoms with Crippen LogP contribution in [0.3, 0.4) is 0 Å². The van der Waals surface area contributed by atoms with Crippen molar-refractivity contribution in [2.45, 2.75) is 30.7 Å². The molecule has 0 spiro atoms. The lowest BCUT2D eigenvalue weighted by Gasteiger charge is -2.38. The molecule has 4 N–H and O–H groups in total. The van der Waals surface area contributed by atoms with E-state index in [-0.39, 0.29) is 0 Å². The predicted molar refractivity (Wildman–Crippen MR) is 40.8 cm³/mol. The summed E-state index contributed by atoms with van der Waals surface area (Å²) in [6.45, 7) is -0.440. The number of aliphatic hydroxyl groups is 4. The Hall–Kier alpha value is -0.240. The van der Waals surface area contributed by atoms with Crippen LogP contribution in [0.1, 0.15) is 0 Å². The molecule has 1 fully saturated rings. The van der Waals surface area contributed by atoms with Gasteiger partial charge in [-0.3, -0.25) is 0 Å². The molecule has 0 aromatic heterocycles. The van der Waals surface area contributed by atoms with E-state index < -0.39 is 37.3 Å². The lowest BCUT2D eigenvalue weighted by molar-refractivity contribution is -0.294. The van der Waals surface area contributed by atoms with Crippen LogP contribution in [0.5, 0.6) is 0 Å². The van der Waals surface area contributed by atoms with Gasteiger partial charge in [-0.05, 0) is 0 Å². The van der Waals surface area contributed by atoms with Gasteiger partial charge in [0.2, 0.25) is 0 Å². The molecule has 78 valence electrons. The fourth-order valence-electron chi connectivity index (χ4n) is 1.26. The molecule has 1 aliphatic heterocycles. The maximum Gasteiger partial charge on any atom is 0.186 e. The van der Waals surface area contributed by atoms with Crippen LogP contribution in [0.2, 0.25) is 0 Å². The van der Waals surface area contributed by atoms with E-state index in [1.807, 2.05) is 0 Å². The number of hydrogen-bond donors (Lipinski definition) is 4. The molecule has 0 radical (unpaired) electrons. The van der Waals surface area contributed by atoms with E-state index in [9.17, 15) is 15.3 Å². The molecule has 2 unspecified atom stereocenters. The molecule has 0 saturated carbocycles. The average molecular weight is 194 g/mol. The molecule has 5 atom stereocenters. The second kappa shape index (κ2) is 4.32. The van der Waals surface area contributed by atoms with Crippen LogP contribution >= 0.6 is 0 Å². The van der Waals surface area contributed by atoms with Crippen molar-refractivity contribution in [2.75, 3.05) is 13.7 Å². The molecule has 1 aliphatic rings. The molecule has 0 aromatic carbocycles. The largest absolute Gasteiger partial charge is 0.394 e. The summed E-state index contributed by atoms with van der Waals surface area (Å²) >= 11 is 0. The number of hydrogen-bond acceptors (Lipinski definition) is 6. The number of aliphatic hydroxyl groups excluding tert-OH is 4. The third-order valence-electron chi connectivity index (χ3n) is 2.08. The van der Waals surface area contributed by atoms with Gasteiger partial charge in [0.25, 0.3) is 0 Å². The Labute approximate surface area is 75.3 Å². The summed E-state index contributed by atoms with van der Waals surface area (Å²) in [6, 6.07) is 0. The highest BCUT2D eigenvalue weighted by Crippen LogP contribution is 2.20. The Morgan fingerprint density at radius 3 is 2.23 bits per heavy atom. The van der Waals surface area contributed by atoms with E-state index in [1.165, 1.54) is 7.11 Å². The molecule has 1 rings (SSSR count). The fraction of sp³-hybridized carbons (Fsp3) is 1.00. The number of methoxy groups -OCH3 is 1. The van der Waals surface area contributed by atoms with Crippen molar-refractivity contribution in [3.63, 3.8) is 0 Å². The third-order valence-corrected chi connectivity index (χ3v) is 2.08. The van der Waals surface area contributed by atoms with E-state index in [2.05, 4.69) is 0 Å². The van der Waals surface area contributed by atoms with Gasteiger partial charge >= 0.3 is 0 Å². The summed E-state index contributed by atoms with van der Waals surface area (Å²) in [5.41, 5.74) is 0. The van der Waals surface area contributed by atoms with Crippen LogP contribution in [-0.2, 0) is 9.47 Å². The van der Waals surface area contributed by atoms with Crippen molar-refractivity contribution >= 4 is 0 Å². The number of ether oxygens (including phenoxy) is 2. The van der Waals surface area contributed by atoms with Crippen LogP contribution in [0.15, 0.2) is 0 Å². The quantitative estimate of drug-likeness (QED) is 0.386. The van der Waals surface area contributed by atoms with Gasteiger partial charge in [0.1, 0.15) is 24.4 Å². The second-order valence-corrected chi connectivity index (χ2v) is 2.93. The lowest BCUT2D eigenvalue weighted by atomic mass is 9.99. The Morgan fingerprint density at radius 1 is 1.15 bits per heavy atom.